The summed E-state index contributed by atoms with van der Waals surface area (Å²) in [6, 6.07) is 3.77. The first-order chi connectivity index (χ1) is 8.72. The molecule has 18 heavy (non-hydrogen) atoms. The summed E-state index contributed by atoms with van der Waals surface area (Å²) < 4.78 is 6.12. The Morgan fingerprint density at radius 1 is 1.50 bits per heavy atom. The van der Waals surface area contributed by atoms with E-state index < -0.39 is 0 Å². The van der Waals surface area contributed by atoms with E-state index in [1.165, 1.54) is 19.3 Å². The van der Waals surface area contributed by atoms with Crippen LogP contribution < -0.4 is 10.5 Å². The van der Waals surface area contributed by atoms with E-state index in [2.05, 4.69) is 11.9 Å². The van der Waals surface area contributed by atoms with Crippen molar-refractivity contribution < 1.29 is 4.74 Å². The molecule has 1 aliphatic carbocycles. The molecule has 0 amide bonds. The molecule has 2 atom stereocenters. The van der Waals surface area contributed by atoms with Gasteiger partial charge in [0, 0.05) is 6.20 Å². The molecule has 0 spiro atoms. The van der Waals surface area contributed by atoms with Gasteiger partial charge in [0.05, 0.1) is 0 Å². The van der Waals surface area contributed by atoms with Gasteiger partial charge in [0.15, 0.2) is 0 Å². The Balaban J connectivity index is 2.15. The summed E-state index contributed by atoms with van der Waals surface area (Å²) in [6.45, 7) is 2.23. The van der Waals surface area contributed by atoms with E-state index in [1.807, 2.05) is 12.1 Å². The summed E-state index contributed by atoms with van der Waals surface area (Å²) in [5.74, 6) is 1.37. The van der Waals surface area contributed by atoms with Crippen molar-refractivity contribution in [3.8, 4) is 5.75 Å². The summed E-state index contributed by atoms with van der Waals surface area (Å²) in [7, 11) is 0. The van der Waals surface area contributed by atoms with Crippen LogP contribution in [-0.2, 0) is 0 Å². The molecule has 2 N–H and O–H groups in total. The van der Waals surface area contributed by atoms with Crippen LogP contribution in [0.5, 0.6) is 5.75 Å². The predicted molar refractivity (Wildman–Crippen MR) is 76.8 cm³/mol. The van der Waals surface area contributed by atoms with Gasteiger partial charge in [0.25, 0.3) is 0 Å². The van der Waals surface area contributed by atoms with Crippen LogP contribution in [0.2, 0.25) is 0 Å². The Hall–Kier alpha value is -1.16. The zero-order valence-corrected chi connectivity index (χ0v) is 11.6. The Morgan fingerprint density at radius 3 is 3.00 bits per heavy atom. The van der Waals surface area contributed by atoms with Gasteiger partial charge in [-0.25, -0.2) is 4.98 Å². The molecule has 0 bridgehead atoms. The standard InChI is InChI=1S/C14H20N2OS/c1-2-10-6-3-4-7-11(10)17-12-8-5-9-16-13(12)14(15)18/h5,8-11H,2-4,6-7H2,1H3,(H2,15,18). The van der Waals surface area contributed by atoms with Crippen molar-refractivity contribution in [3.63, 3.8) is 0 Å². The van der Waals surface area contributed by atoms with Crippen molar-refractivity contribution in [1.29, 1.82) is 0 Å². The lowest BCUT2D eigenvalue weighted by Crippen LogP contribution is -2.30. The van der Waals surface area contributed by atoms with Gasteiger partial charge in [-0.05, 0) is 43.7 Å². The Bertz CT molecular complexity index is 422. The average Bonchev–Trinajstić information content (AvgIpc) is 2.40. The van der Waals surface area contributed by atoms with E-state index in [0.717, 1.165) is 18.6 Å². The summed E-state index contributed by atoms with van der Waals surface area (Å²) in [4.78, 5) is 4.50. The number of nitrogens with two attached hydrogens (primary N) is 1. The minimum absolute atomic E-state index is 0.279. The SMILES string of the molecule is CCC1CCCCC1Oc1cccnc1C(N)=S. The second-order valence-electron chi connectivity index (χ2n) is 4.82. The molecule has 1 aromatic heterocycles. The number of aromatic nitrogens is 1. The zero-order chi connectivity index (χ0) is 13.0. The summed E-state index contributed by atoms with van der Waals surface area (Å²) in [5.41, 5.74) is 6.28. The fourth-order valence-electron chi connectivity index (χ4n) is 2.63. The van der Waals surface area contributed by atoms with Crippen molar-refractivity contribution in [2.45, 2.75) is 45.1 Å². The van der Waals surface area contributed by atoms with E-state index in [9.17, 15) is 0 Å². The largest absolute Gasteiger partial charge is 0.488 e. The molecule has 98 valence electrons. The number of nitrogens with zero attached hydrogens (tertiary/aromatic N) is 1. The first-order valence-corrected chi connectivity index (χ1v) is 7.04. The summed E-state index contributed by atoms with van der Waals surface area (Å²) >= 11 is 5.01. The van der Waals surface area contributed by atoms with Crippen LogP contribution in [-0.4, -0.2) is 16.1 Å². The third kappa shape index (κ3) is 2.99. The number of rotatable bonds is 4. The predicted octanol–water partition coefficient (Wildman–Crippen LogP) is 3.06. The molecule has 1 heterocycles. The van der Waals surface area contributed by atoms with Gasteiger partial charge in [-0.2, -0.15) is 0 Å². The normalized spacial score (nSPS) is 23.6. The van der Waals surface area contributed by atoms with Crippen LogP contribution in [0.3, 0.4) is 0 Å². The average molecular weight is 264 g/mol. The van der Waals surface area contributed by atoms with Crippen LogP contribution in [0, 0.1) is 5.92 Å². The highest BCUT2D eigenvalue weighted by molar-refractivity contribution is 7.80. The molecule has 1 aliphatic rings. The molecule has 0 radical (unpaired) electrons. The van der Waals surface area contributed by atoms with Crippen molar-refractivity contribution in [2.24, 2.45) is 11.7 Å². The molecular formula is C14H20N2OS. The lowest BCUT2D eigenvalue weighted by Gasteiger charge is -2.31. The van der Waals surface area contributed by atoms with Gasteiger partial charge in [0.2, 0.25) is 0 Å². The molecule has 2 rings (SSSR count). The third-order valence-corrected chi connectivity index (χ3v) is 3.84. The maximum Gasteiger partial charge on any atom is 0.148 e. The number of pyridine rings is 1. The van der Waals surface area contributed by atoms with Crippen LogP contribution in [0.4, 0.5) is 0 Å². The monoisotopic (exact) mass is 264 g/mol. The zero-order valence-electron chi connectivity index (χ0n) is 10.8. The minimum Gasteiger partial charge on any atom is -0.488 e. The molecule has 4 heteroatoms. The highest BCUT2D eigenvalue weighted by Crippen LogP contribution is 2.31. The molecular weight excluding hydrogens is 244 g/mol. The topological polar surface area (TPSA) is 48.1 Å². The fraction of sp³-hybridized carbons (Fsp3) is 0.571. The van der Waals surface area contributed by atoms with Gasteiger partial charge >= 0.3 is 0 Å². The highest BCUT2D eigenvalue weighted by atomic mass is 32.1. The lowest BCUT2D eigenvalue weighted by molar-refractivity contribution is 0.0898. The lowest BCUT2D eigenvalue weighted by atomic mass is 9.85. The van der Waals surface area contributed by atoms with Crippen molar-refractivity contribution in [3.05, 3.63) is 24.0 Å². The third-order valence-electron chi connectivity index (χ3n) is 3.65. The number of thiocarbonyl (C=S) groups is 1. The van der Waals surface area contributed by atoms with Crippen LogP contribution in [0.1, 0.15) is 44.7 Å². The van der Waals surface area contributed by atoms with E-state index in [-0.39, 0.29) is 6.10 Å². The van der Waals surface area contributed by atoms with E-state index in [0.29, 0.717) is 16.6 Å². The summed E-state index contributed by atoms with van der Waals surface area (Å²) in [6.07, 6.45) is 8.05. The van der Waals surface area contributed by atoms with Gasteiger partial charge in [-0.1, -0.05) is 25.6 Å². The van der Waals surface area contributed by atoms with Crippen molar-refractivity contribution in [1.82, 2.24) is 4.98 Å². The van der Waals surface area contributed by atoms with Crippen molar-refractivity contribution >= 4 is 17.2 Å². The minimum atomic E-state index is 0.279. The smallest absolute Gasteiger partial charge is 0.148 e. The fourth-order valence-corrected chi connectivity index (χ4v) is 2.78. The summed E-state index contributed by atoms with van der Waals surface area (Å²) in [5, 5.41) is 0. The van der Waals surface area contributed by atoms with Crippen LogP contribution in [0.25, 0.3) is 0 Å². The molecule has 2 unspecified atom stereocenters. The van der Waals surface area contributed by atoms with E-state index >= 15 is 0 Å². The Kier molecular flexibility index (Phi) is 4.53. The quantitative estimate of drug-likeness (QED) is 0.849. The van der Waals surface area contributed by atoms with Crippen LogP contribution in [0.15, 0.2) is 18.3 Å². The van der Waals surface area contributed by atoms with Gasteiger partial charge in [0.1, 0.15) is 22.5 Å². The Morgan fingerprint density at radius 2 is 2.28 bits per heavy atom. The number of ether oxygens (including phenoxy) is 1. The molecule has 3 nitrogen and oxygen atoms in total. The Labute approximate surface area is 114 Å². The van der Waals surface area contributed by atoms with Gasteiger partial charge in [-0.3, -0.25) is 0 Å². The van der Waals surface area contributed by atoms with E-state index in [1.54, 1.807) is 6.20 Å². The molecule has 1 saturated carbocycles. The number of hydrogen-bond acceptors (Lipinski definition) is 3. The first-order valence-electron chi connectivity index (χ1n) is 6.63. The molecule has 1 aromatic rings. The van der Waals surface area contributed by atoms with Gasteiger partial charge < -0.3 is 10.5 Å². The second kappa shape index (κ2) is 6.14. The maximum atomic E-state index is 6.12. The maximum absolute atomic E-state index is 6.12. The molecule has 0 aromatic carbocycles. The van der Waals surface area contributed by atoms with Crippen LogP contribution >= 0.6 is 12.2 Å². The second-order valence-corrected chi connectivity index (χ2v) is 5.26. The molecule has 0 saturated heterocycles. The molecule has 1 fully saturated rings. The number of hydrogen-bond donors (Lipinski definition) is 1. The highest BCUT2D eigenvalue weighted by Gasteiger charge is 2.26. The van der Waals surface area contributed by atoms with E-state index in [4.69, 9.17) is 22.7 Å². The first kappa shape index (κ1) is 13.3. The van der Waals surface area contributed by atoms with Gasteiger partial charge in [-0.15, -0.1) is 0 Å². The van der Waals surface area contributed by atoms with Crippen molar-refractivity contribution in [2.75, 3.05) is 0 Å². The molecule has 0 aliphatic heterocycles.